The van der Waals surface area contributed by atoms with Crippen LogP contribution in [0.4, 0.5) is 10.5 Å². The number of nitrogens with one attached hydrogen (secondary N) is 1. The lowest BCUT2D eigenvalue weighted by molar-refractivity contribution is -0.134. The molecule has 0 aliphatic carbocycles. The molecule has 0 aromatic heterocycles. The van der Waals surface area contributed by atoms with Crippen molar-refractivity contribution >= 4 is 17.7 Å². The van der Waals surface area contributed by atoms with E-state index >= 15 is 0 Å². The van der Waals surface area contributed by atoms with Gasteiger partial charge >= 0.3 is 12.1 Å². The van der Waals surface area contributed by atoms with Gasteiger partial charge in [-0.3, -0.25) is 10.1 Å². The van der Waals surface area contributed by atoms with Gasteiger partial charge in [-0.25, -0.2) is 4.79 Å². The first kappa shape index (κ1) is 10.2. The molecule has 74 valence electrons. The topological polar surface area (TPSA) is 55.4 Å². The number of esters is 1. The summed E-state index contributed by atoms with van der Waals surface area (Å²) in [5.74, 6) is -0.629. The Kier molecular flexibility index (Phi) is 3.23. The van der Waals surface area contributed by atoms with Crippen molar-refractivity contribution in [3.05, 3.63) is 29.8 Å². The lowest BCUT2D eigenvalue weighted by Gasteiger charge is -2.06. The highest BCUT2D eigenvalue weighted by Gasteiger charge is 2.06. The molecule has 0 spiro atoms. The second-order valence-corrected chi connectivity index (χ2v) is 2.82. The van der Waals surface area contributed by atoms with Crippen LogP contribution < -0.4 is 5.32 Å². The molecule has 0 atom stereocenters. The Bertz CT molecular complexity index is 360. The van der Waals surface area contributed by atoms with Crippen molar-refractivity contribution < 1.29 is 14.3 Å². The summed E-state index contributed by atoms with van der Waals surface area (Å²) in [4.78, 5) is 21.5. The van der Waals surface area contributed by atoms with Crippen LogP contribution in [0.1, 0.15) is 12.5 Å². The van der Waals surface area contributed by atoms with Crippen LogP contribution in [0.5, 0.6) is 0 Å². The highest BCUT2D eigenvalue weighted by Crippen LogP contribution is 2.12. The van der Waals surface area contributed by atoms with Crippen LogP contribution in [0.2, 0.25) is 0 Å². The minimum absolute atomic E-state index is 0.629. The molecule has 0 aliphatic heterocycles. The SMILES string of the molecule is CC(=O)OC(=O)Nc1ccccc1C. The molecule has 0 radical (unpaired) electrons. The van der Waals surface area contributed by atoms with Crippen LogP contribution in [0.3, 0.4) is 0 Å². The van der Waals surface area contributed by atoms with E-state index in [9.17, 15) is 9.59 Å². The third kappa shape index (κ3) is 2.90. The Morgan fingerprint density at radius 1 is 1.29 bits per heavy atom. The van der Waals surface area contributed by atoms with Crippen molar-refractivity contribution in [1.82, 2.24) is 0 Å². The van der Waals surface area contributed by atoms with Gasteiger partial charge in [-0.1, -0.05) is 18.2 Å². The van der Waals surface area contributed by atoms with Crippen molar-refractivity contribution in [2.75, 3.05) is 5.32 Å². The van der Waals surface area contributed by atoms with E-state index in [0.29, 0.717) is 5.69 Å². The van der Waals surface area contributed by atoms with Crippen LogP contribution >= 0.6 is 0 Å². The maximum atomic E-state index is 11.0. The lowest BCUT2D eigenvalue weighted by atomic mass is 10.2. The molecule has 0 saturated carbocycles. The largest absolute Gasteiger partial charge is 0.419 e. The van der Waals surface area contributed by atoms with Crippen LogP contribution in [0.15, 0.2) is 24.3 Å². The first-order valence-electron chi connectivity index (χ1n) is 4.14. The first-order chi connectivity index (χ1) is 6.59. The zero-order valence-electron chi connectivity index (χ0n) is 8.03. The number of hydrogen-bond donors (Lipinski definition) is 1. The second-order valence-electron chi connectivity index (χ2n) is 2.82. The van der Waals surface area contributed by atoms with Gasteiger partial charge in [0.05, 0.1) is 0 Å². The van der Waals surface area contributed by atoms with Crippen LogP contribution in [0, 0.1) is 6.92 Å². The number of rotatable bonds is 1. The van der Waals surface area contributed by atoms with E-state index < -0.39 is 12.1 Å². The third-order valence-electron chi connectivity index (χ3n) is 1.62. The van der Waals surface area contributed by atoms with Crippen LogP contribution in [-0.2, 0) is 9.53 Å². The van der Waals surface area contributed by atoms with Crippen molar-refractivity contribution in [2.24, 2.45) is 0 Å². The van der Waals surface area contributed by atoms with E-state index in [1.54, 1.807) is 12.1 Å². The molecule has 0 bridgehead atoms. The van der Waals surface area contributed by atoms with Gasteiger partial charge in [-0.05, 0) is 18.6 Å². The number of para-hydroxylation sites is 1. The smallest absolute Gasteiger partial charge is 0.376 e. The number of benzene rings is 1. The zero-order valence-corrected chi connectivity index (χ0v) is 8.03. The lowest BCUT2D eigenvalue weighted by Crippen LogP contribution is -2.16. The summed E-state index contributed by atoms with van der Waals surface area (Å²) in [5, 5.41) is 2.46. The summed E-state index contributed by atoms with van der Waals surface area (Å²) >= 11 is 0. The first-order valence-corrected chi connectivity index (χ1v) is 4.14. The number of carbonyl (C=O) groups is 2. The molecule has 0 unspecified atom stereocenters. The van der Waals surface area contributed by atoms with Crippen molar-refractivity contribution in [3.8, 4) is 0 Å². The molecule has 1 aromatic carbocycles. The minimum Gasteiger partial charge on any atom is -0.376 e. The average molecular weight is 193 g/mol. The monoisotopic (exact) mass is 193 g/mol. The van der Waals surface area contributed by atoms with Crippen LogP contribution in [-0.4, -0.2) is 12.1 Å². The van der Waals surface area contributed by atoms with Gasteiger partial charge in [-0.2, -0.15) is 0 Å². The second kappa shape index (κ2) is 4.41. The quantitative estimate of drug-likeness (QED) is 0.548. The zero-order chi connectivity index (χ0) is 10.6. The summed E-state index contributed by atoms with van der Waals surface area (Å²) in [7, 11) is 0. The number of anilines is 1. The van der Waals surface area contributed by atoms with E-state index in [0.717, 1.165) is 5.56 Å². The summed E-state index contributed by atoms with van der Waals surface area (Å²) in [6.45, 7) is 3.03. The van der Waals surface area contributed by atoms with E-state index in [1.165, 1.54) is 6.92 Å². The normalized spacial score (nSPS) is 9.29. The molecule has 1 rings (SSSR count). The van der Waals surface area contributed by atoms with Gasteiger partial charge in [0, 0.05) is 12.6 Å². The number of amides is 1. The van der Waals surface area contributed by atoms with Gasteiger partial charge < -0.3 is 4.74 Å². The number of hydrogen-bond acceptors (Lipinski definition) is 3. The van der Waals surface area contributed by atoms with Gasteiger partial charge in [-0.15, -0.1) is 0 Å². The number of ether oxygens (including phenoxy) is 1. The molecular formula is C10H11NO3. The molecule has 14 heavy (non-hydrogen) atoms. The predicted molar refractivity (Wildman–Crippen MR) is 52.0 cm³/mol. The summed E-state index contributed by atoms with van der Waals surface area (Å²) < 4.78 is 4.32. The van der Waals surface area contributed by atoms with E-state index in [2.05, 4.69) is 10.1 Å². The van der Waals surface area contributed by atoms with E-state index in [4.69, 9.17) is 0 Å². The molecule has 1 amide bonds. The molecular weight excluding hydrogens is 182 g/mol. The highest BCUT2D eigenvalue weighted by molar-refractivity contribution is 5.92. The molecule has 0 aliphatic rings. The van der Waals surface area contributed by atoms with E-state index in [1.807, 2.05) is 19.1 Å². The van der Waals surface area contributed by atoms with Crippen molar-refractivity contribution in [2.45, 2.75) is 13.8 Å². The van der Waals surface area contributed by atoms with Gasteiger partial charge in [0.2, 0.25) is 0 Å². The maximum absolute atomic E-state index is 11.0. The number of carbonyl (C=O) groups excluding carboxylic acids is 2. The van der Waals surface area contributed by atoms with Crippen molar-refractivity contribution in [1.29, 1.82) is 0 Å². The summed E-state index contributed by atoms with van der Waals surface area (Å²) in [6.07, 6.45) is -0.758. The summed E-state index contributed by atoms with van der Waals surface area (Å²) in [6, 6.07) is 7.23. The fourth-order valence-corrected chi connectivity index (χ4v) is 0.979. The molecule has 4 nitrogen and oxygen atoms in total. The van der Waals surface area contributed by atoms with Gasteiger partial charge in [0.1, 0.15) is 0 Å². The Hall–Kier alpha value is -1.84. The van der Waals surface area contributed by atoms with Gasteiger partial charge in [0.15, 0.2) is 0 Å². The Labute approximate surface area is 81.9 Å². The molecule has 0 heterocycles. The van der Waals surface area contributed by atoms with Crippen LogP contribution in [0.25, 0.3) is 0 Å². The van der Waals surface area contributed by atoms with E-state index in [-0.39, 0.29) is 0 Å². The molecule has 1 aromatic rings. The molecule has 0 saturated heterocycles. The Morgan fingerprint density at radius 3 is 2.50 bits per heavy atom. The minimum atomic E-state index is -0.758. The Morgan fingerprint density at radius 2 is 1.93 bits per heavy atom. The number of aryl methyl sites for hydroxylation is 1. The highest BCUT2D eigenvalue weighted by atomic mass is 16.6. The molecule has 4 heteroatoms. The fraction of sp³-hybridized carbons (Fsp3) is 0.200. The molecule has 1 N–H and O–H groups in total. The molecule has 0 fully saturated rings. The van der Waals surface area contributed by atoms with Crippen molar-refractivity contribution in [3.63, 3.8) is 0 Å². The Balaban J connectivity index is 2.65. The fourth-order valence-electron chi connectivity index (χ4n) is 0.979. The summed E-state index contributed by atoms with van der Waals surface area (Å²) in [5.41, 5.74) is 1.55. The maximum Gasteiger partial charge on any atom is 0.419 e. The standard InChI is InChI=1S/C10H11NO3/c1-7-5-3-4-6-9(7)11-10(13)14-8(2)12/h3-6H,1-2H3,(H,11,13). The average Bonchev–Trinajstić information content (AvgIpc) is 2.07. The predicted octanol–water partition coefficient (Wildman–Crippen LogP) is 2.09. The third-order valence-corrected chi connectivity index (χ3v) is 1.62. The van der Waals surface area contributed by atoms with Gasteiger partial charge in [0.25, 0.3) is 0 Å².